The normalized spacial score (nSPS) is 11.3. The van der Waals surface area contributed by atoms with Gasteiger partial charge in [0.25, 0.3) is 5.56 Å². The highest BCUT2D eigenvalue weighted by Gasteiger charge is 2.19. The van der Waals surface area contributed by atoms with Gasteiger partial charge in [-0.05, 0) is 52.3 Å². The number of halogens is 1. The Morgan fingerprint density at radius 1 is 0.969 bits per heavy atom. The van der Waals surface area contributed by atoms with Gasteiger partial charge in [0.05, 0.1) is 11.4 Å². The molecule has 0 unspecified atom stereocenters. The van der Waals surface area contributed by atoms with Crippen molar-refractivity contribution < 1.29 is 4.79 Å². The molecule has 2 heterocycles. The third kappa shape index (κ3) is 4.14. The molecule has 32 heavy (non-hydrogen) atoms. The number of hydrogen-bond donors (Lipinski definition) is 1. The fraction of sp³-hybridized carbons (Fsp3) is 0.143. The van der Waals surface area contributed by atoms with Gasteiger partial charge in [-0.2, -0.15) is 10.2 Å². The zero-order valence-electron chi connectivity index (χ0n) is 17.2. The summed E-state index contributed by atoms with van der Waals surface area (Å²) >= 11 is 3.27. The van der Waals surface area contributed by atoms with Crippen LogP contribution in [0.25, 0.3) is 11.2 Å². The molecule has 1 amide bonds. The molecule has 0 fully saturated rings. The summed E-state index contributed by atoms with van der Waals surface area (Å²) in [6.45, 7) is -0.146. The highest BCUT2D eigenvalue weighted by atomic mass is 79.9. The number of benzene rings is 2. The summed E-state index contributed by atoms with van der Waals surface area (Å²) in [5.74, 6) is -0.350. The molecule has 0 aliphatic carbocycles. The van der Waals surface area contributed by atoms with Crippen LogP contribution in [0, 0.1) is 0 Å². The molecule has 0 aliphatic heterocycles. The van der Waals surface area contributed by atoms with Gasteiger partial charge in [-0.3, -0.25) is 23.3 Å². The average molecular weight is 496 g/mol. The van der Waals surface area contributed by atoms with Gasteiger partial charge in [-0.15, -0.1) is 0 Å². The first-order valence-corrected chi connectivity index (χ1v) is 10.3. The molecule has 162 valence electrons. The van der Waals surface area contributed by atoms with Crippen LogP contribution >= 0.6 is 15.9 Å². The van der Waals surface area contributed by atoms with Crippen LogP contribution in [0.5, 0.6) is 0 Å². The first-order valence-electron chi connectivity index (χ1n) is 9.53. The van der Waals surface area contributed by atoms with Crippen LogP contribution in [0.15, 0.2) is 79.1 Å². The summed E-state index contributed by atoms with van der Waals surface area (Å²) in [4.78, 5) is 41.4. The van der Waals surface area contributed by atoms with E-state index < -0.39 is 11.2 Å². The van der Waals surface area contributed by atoms with E-state index in [4.69, 9.17) is 0 Å². The lowest BCUT2D eigenvalue weighted by atomic mass is 10.3. The Morgan fingerprint density at radius 3 is 2.25 bits per heavy atom. The number of anilines is 1. The lowest BCUT2D eigenvalue weighted by Crippen LogP contribution is -2.37. The number of imidazole rings is 1. The number of nitrogens with zero attached hydrogens (tertiary/aromatic N) is 6. The minimum Gasteiger partial charge on any atom is -0.325 e. The summed E-state index contributed by atoms with van der Waals surface area (Å²) in [7, 11) is 2.90. The van der Waals surface area contributed by atoms with Crippen molar-refractivity contribution in [2.24, 2.45) is 24.3 Å². The van der Waals surface area contributed by atoms with Crippen molar-refractivity contribution in [3.63, 3.8) is 0 Å². The Labute approximate surface area is 190 Å². The number of azo groups is 1. The summed E-state index contributed by atoms with van der Waals surface area (Å²) in [6.07, 6.45) is 0. The molecular formula is C21H18BrN7O3. The van der Waals surface area contributed by atoms with Crippen molar-refractivity contribution in [1.29, 1.82) is 0 Å². The van der Waals surface area contributed by atoms with Crippen LogP contribution < -0.4 is 16.6 Å². The largest absolute Gasteiger partial charge is 0.332 e. The van der Waals surface area contributed by atoms with Crippen LogP contribution in [0.1, 0.15) is 0 Å². The number of rotatable bonds is 5. The van der Waals surface area contributed by atoms with Crippen molar-refractivity contribution >= 4 is 50.1 Å². The predicted octanol–water partition coefficient (Wildman–Crippen LogP) is 3.25. The number of carbonyl (C=O) groups is 1. The second kappa shape index (κ2) is 8.71. The number of fused-ring (bicyclic) bond motifs is 1. The molecule has 0 saturated carbocycles. The smallest absolute Gasteiger partial charge is 0.325 e. The Bertz CT molecular complexity index is 1450. The number of carbonyl (C=O) groups excluding carboxylic acids is 1. The van der Waals surface area contributed by atoms with E-state index >= 15 is 0 Å². The monoisotopic (exact) mass is 495 g/mol. The van der Waals surface area contributed by atoms with Crippen molar-refractivity contribution in [3.8, 4) is 0 Å². The van der Waals surface area contributed by atoms with Gasteiger partial charge >= 0.3 is 5.69 Å². The van der Waals surface area contributed by atoms with Crippen LogP contribution in [0.2, 0.25) is 0 Å². The minimum absolute atomic E-state index is 0.0994. The first kappa shape index (κ1) is 21.4. The van der Waals surface area contributed by atoms with Gasteiger partial charge in [0.15, 0.2) is 15.9 Å². The van der Waals surface area contributed by atoms with E-state index in [1.54, 1.807) is 24.3 Å². The van der Waals surface area contributed by atoms with E-state index in [2.05, 4.69) is 36.5 Å². The lowest BCUT2D eigenvalue weighted by molar-refractivity contribution is -0.116. The summed E-state index contributed by atoms with van der Waals surface area (Å²) in [6, 6.07) is 16.3. The molecule has 0 atom stereocenters. The Kier molecular flexibility index (Phi) is 5.82. The molecule has 11 heteroatoms. The first-order chi connectivity index (χ1) is 15.3. The van der Waals surface area contributed by atoms with Crippen molar-refractivity contribution in [3.05, 3.63) is 80.2 Å². The predicted molar refractivity (Wildman–Crippen MR) is 124 cm³/mol. The van der Waals surface area contributed by atoms with E-state index in [1.807, 2.05) is 30.3 Å². The van der Waals surface area contributed by atoms with Crippen LogP contribution in [-0.2, 0) is 25.4 Å². The maximum Gasteiger partial charge on any atom is 0.332 e. The molecule has 4 rings (SSSR count). The van der Waals surface area contributed by atoms with Gasteiger partial charge in [-0.1, -0.05) is 18.2 Å². The summed E-state index contributed by atoms with van der Waals surface area (Å²) in [5, 5.41) is 11.1. The average Bonchev–Trinajstić information content (AvgIpc) is 3.12. The number of aryl methyl sites for hydroxylation is 1. The number of nitrogens with one attached hydrogen (secondary N) is 1. The van der Waals surface area contributed by atoms with Gasteiger partial charge in [0.2, 0.25) is 5.91 Å². The molecule has 0 radical (unpaired) electrons. The van der Waals surface area contributed by atoms with Gasteiger partial charge in [0, 0.05) is 19.8 Å². The zero-order chi connectivity index (χ0) is 22.8. The minimum atomic E-state index is -0.525. The molecule has 2 aromatic carbocycles. The molecule has 0 aliphatic rings. The highest BCUT2D eigenvalue weighted by molar-refractivity contribution is 9.10. The van der Waals surface area contributed by atoms with E-state index in [1.165, 1.54) is 23.2 Å². The highest BCUT2D eigenvalue weighted by Crippen LogP contribution is 2.21. The molecule has 0 bridgehead atoms. The van der Waals surface area contributed by atoms with Crippen LogP contribution in [-0.4, -0.2) is 24.6 Å². The zero-order valence-corrected chi connectivity index (χ0v) is 18.8. The number of amides is 1. The fourth-order valence-electron chi connectivity index (χ4n) is 3.17. The standard InChI is InChI=1S/C21H18BrN7O3/c1-27-18-17(19(31)28(2)21(27)32)24-20(22)29(18)12-16(30)23-13-8-10-15(11-9-13)26-25-14-6-4-3-5-7-14/h3-11H,12H2,1-2H3,(H,23,30). The topological polar surface area (TPSA) is 116 Å². The molecular weight excluding hydrogens is 478 g/mol. The summed E-state index contributed by atoms with van der Waals surface area (Å²) < 4.78 is 4.00. The van der Waals surface area contributed by atoms with E-state index in [0.29, 0.717) is 11.4 Å². The van der Waals surface area contributed by atoms with Gasteiger partial charge in [0.1, 0.15) is 6.54 Å². The van der Waals surface area contributed by atoms with Crippen molar-refractivity contribution in [2.45, 2.75) is 6.54 Å². The quantitative estimate of drug-likeness (QED) is 0.337. The lowest BCUT2D eigenvalue weighted by Gasteiger charge is -2.10. The van der Waals surface area contributed by atoms with Gasteiger partial charge < -0.3 is 5.32 Å². The van der Waals surface area contributed by atoms with E-state index in [9.17, 15) is 14.4 Å². The Balaban J connectivity index is 1.51. The second-order valence-corrected chi connectivity index (χ2v) is 7.68. The molecule has 0 spiro atoms. The third-order valence-corrected chi connectivity index (χ3v) is 5.39. The van der Waals surface area contributed by atoms with Crippen LogP contribution in [0.4, 0.5) is 17.1 Å². The Morgan fingerprint density at radius 2 is 1.59 bits per heavy atom. The van der Waals surface area contributed by atoms with Crippen molar-refractivity contribution in [2.75, 3.05) is 5.32 Å². The molecule has 2 aromatic heterocycles. The molecule has 4 aromatic rings. The summed E-state index contributed by atoms with van der Waals surface area (Å²) in [5.41, 5.74) is 1.28. The maximum absolute atomic E-state index is 12.6. The van der Waals surface area contributed by atoms with Crippen LogP contribution in [0.3, 0.4) is 0 Å². The van der Waals surface area contributed by atoms with Crippen molar-refractivity contribution in [1.82, 2.24) is 18.7 Å². The van der Waals surface area contributed by atoms with E-state index in [-0.39, 0.29) is 28.3 Å². The SMILES string of the molecule is Cn1c(=O)c2nc(Br)n(CC(=O)Nc3ccc(N=Nc4ccccc4)cc3)c2n(C)c1=O. The fourth-order valence-corrected chi connectivity index (χ4v) is 3.64. The molecule has 0 saturated heterocycles. The molecule has 10 nitrogen and oxygen atoms in total. The van der Waals surface area contributed by atoms with Gasteiger partial charge in [-0.25, -0.2) is 9.78 Å². The maximum atomic E-state index is 12.6. The molecule has 1 N–H and O–H groups in total. The number of aromatic nitrogens is 4. The number of hydrogen-bond acceptors (Lipinski definition) is 6. The third-order valence-electron chi connectivity index (χ3n) is 4.78. The Hall–Kier alpha value is -3.86. The van der Waals surface area contributed by atoms with E-state index in [0.717, 1.165) is 10.3 Å². The second-order valence-electron chi connectivity index (χ2n) is 6.98.